The third kappa shape index (κ3) is 4.91. The van der Waals surface area contributed by atoms with Gasteiger partial charge in [0.2, 0.25) is 0 Å². The van der Waals surface area contributed by atoms with Crippen molar-refractivity contribution in [3.8, 4) is 0 Å². The summed E-state index contributed by atoms with van der Waals surface area (Å²) in [5.41, 5.74) is 3.15. The van der Waals surface area contributed by atoms with Gasteiger partial charge in [-0.25, -0.2) is 9.78 Å². The molecule has 138 valence electrons. The fourth-order valence-corrected chi connectivity index (χ4v) is 2.64. The van der Waals surface area contributed by atoms with E-state index in [2.05, 4.69) is 15.6 Å². The number of aromatic nitrogens is 2. The van der Waals surface area contributed by atoms with Gasteiger partial charge in [0.05, 0.1) is 16.9 Å². The van der Waals surface area contributed by atoms with Gasteiger partial charge >= 0.3 is 6.03 Å². The quantitative estimate of drug-likeness (QED) is 0.516. The van der Waals surface area contributed by atoms with Gasteiger partial charge in [-0.05, 0) is 23.6 Å². The molecule has 8 heteroatoms. The van der Waals surface area contributed by atoms with Gasteiger partial charge in [0.25, 0.3) is 5.69 Å². The second-order valence-corrected chi connectivity index (χ2v) is 6.12. The van der Waals surface area contributed by atoms with Crippen LogP contribution in [0.5, 0.6) is 0 Å². The van der Waals surface area contributed by atoms with Crippen LogP contribution in [0.1, 0.15) is 16.7 Å². The van der Waals surface area contributed by atoms with Crippen LogP contribution in [-0.4, -0.2) is 20.5 Å². The van der Waals surface area contributed by atoms with Gasteiger partial charge in [0.15, 0.2) is 0 Å². The zero-order valence-electron chi connectivity index (χ0n) is 14.8. The van der Waals surface area contributed by atoms with Gasteiger partial charge in [-0.1, -0.05) is 30.3 Å². The zero-order valence-corrected chi connectivity index (χ0v) is 14.8. The smallest absolute Gasteiger partial charge is 0.319 e. The average Bonchev–Trinajstić information content (AvgIpc) is 3.15. The summed E-state index contributed by atoms with van der Waals surface area (Å²) in [7, 11) is 0. The van der Waals surface area contributed by atoms with Crippen molar-refractivity contribution in [1.82, 2.24) is 14.9 Å². The summed E-state index contributed by atoms with van der Waals surface area (Å²) < 4.78 is 1.96. The summed E-state index contributed by atoms with van der Waals surface area (Å²) in [5.74, 6) is 0. The molecule has 0 aliphatic carbocycles. The van der Waals surface area contributed by atoms with E-state index in [0.29, 0.717) is 18.8 Å². The van der Waals surface area contributed by atoms with Crippen LogP contribution in [0.25, 0.3) is 0 Å². The lowest BCUT2D eigenvalue weighted by Crippen LogP contribution is -2.28. The minimum absolute atomic E-state index is 0.0666. The number of nitro groups is 1. The van der Waals surface area contributed by atoms with Crippen LogP contribution >= 0.6 is 0 Å². The van der Waals surface area contributed by atoms with Gasteiger partial charge in [0.1, 0.15) is 0 Å². The fourth-order valence-electron chi connectivity index (χ4n) is 2.64. The van der Waals surface area contributed by atoms with E-state index in [1.165, 1.54) is 12.1 Å². The lowest BCUT2D eigenvalue weighted by atomic mass is 10.1. The van der Waals surface area contributed by atoms with Crippen molar-refractivity contribution in [3.05, 3.63) is 88.0 Å². The molecular formula is C19H19N5O3. The van der Waals surface area contributed by atoms with Crippen molar-refractivity contribution in [2.75, 3.05) is 5.32 Å². The molecule has 1 aromatic heterocycles. The first kappa shape index (κ1) is 18.1. The number of carbonyl (C=O) groups excluding carboxylic acids is 1. The number of rotatable bonds is 6. The summed E-state index contributed by atoms with van der Waals surface area (Å²) in [6, 6.07) is 11.8. The van der Waals surface area contributed by atoms with Crippen molar-refractivity contribution in [2.24, 2.45) is 0 Å². The molecule has 2 aromatic carbocycles. The highest BCUT2D eigenvalue weighted by Crippen LogP contribution is 2.21. The van der Waals surface area contributed by atoms with Crippen LogP contribution in [0.2, 0.25) is 0 Å². The van der Waals surface area contributed by atoms with Crippen molar-refractivity contribution in [3.63, 3.8) is 0 Å². The number of anilines is 1. The number of benzene rings is 2. The van der Waals surface area contributed by atoms with E-state index in [1.54, 1.807) is 25.5 Å². The van der Waals surface area contributed by atoms with E-state index in [0.717, 1.165) is 16.7 Å². The van der Waals surface area contributed by atoms with Crippen LogP contribution in [0.4, 0.5) is 16.2 Å². The second kappa shape index (κ2) is 8.13. The van der Waals surface area contributed by atoms with Gasteiger partial charge in [-0.2, -0.15) is 0 Å². The highest BCUT2D eigenvalue weighted by molar-refractivity contribution is 5.90. The molecule has 0 atom stereocenters. The maximum Gasteiger partial charge on any atom is 0.319 e. The summed E-state index contributed by atoms with van der Waals surface area (Å²) in [6.07, 6.45) is 5.37. The van der Waals surface area contributed by atoms with Crippen LogP contribution < -0.4 is 10.6 Å². The van der Waals surface area contributed by atoms with E-state index in [-0.39, 0.29) is 5.69 Å². The largest absolute Gasteiger partial charge is 0.334 e. The Labute approximate surface area is 156 Å². The highest BCUT2D eigenvalue weighted by Gasteiger charge is 2.11. The molecule has 3 aromatic rings. The Kier molecular flexibility index (Phi) is 5.46. The molecule has 27 heavy (non-hydrogen) atoms. The fraction of sp³-hybridized carbons (Fsp3) is 0.158. The molecule has 0 bridgehead atoms. The number of nitro benzene ring substituents is 1. The molecule has 2 N–H and O–H groups in total. The van der Waals surface area contributed by atoms with Crippen molar-refractivity contribution < 1.29 is 9.72 Å². The minimum Gasteiger partial charge on any atom is -0.334 e. The van der Waals surface area contributed by atoms with Crippen LogP contribution in [-0.2, 0) is 13.1 Å². The maximum atomic E-state index is 12.2. The standard InChI is InChI=1S/C19H19N5O3/c1-14-5-6-17(24(26)27)10-18(14)22-19(25)21-11-15-3-2-4-16(9-15)12-23-8-7-20-13-23/h2-10,13H,11-12H2,1H3,(H2,21,22,25). The Morgan fingerprint density at radius 2 is 2.04 bits per heavy atom. The van der Waals surface area contributed by atoms with Crippen LogP contribution in [0.3, 0.4) is 0 Å². The molecule has 0 saturated heterocycles. The first-order valence-corrected chi connectivity index (χ1v) is 8.35. The summed E-state index contributed by atoms with van der Waals surface area (Å²) >= 11 is 0. The maximum absolute atomic E-state index is 12.2. The van der Waals surface area contributed by atoms with Gasteiger partial charge in [-0.15, -0.1) is 0 Å². The minimum atomic E-state index is -0.492. The predicted octanol–water partition coefficient (Wildman–Crippen LogP) is 3.47. The molecule has 0 radical (unpaired) electrons. The highest BCUT2D eigenvalue weighted by atomic mass is 16.6. The van der Waals surface area contributed by atoms with Gasteiger partial charge in [-0.3, -0.25) is 10.1 Å². The molecule has 0 spiro atoms. The van der Waals surface area contributed by atoms with E-state index < -0.39 is 11.0 Å². The van der Waals surface area contributed by atoms with E-state index in [4.69, 9.17) is 0 Å². The first-order chi connectivity index (χ1) is 13.0. The Bertz CT molecular complexity index is 954. The van der Waals surface area contributed by atoms with Gasteiger partial charge in [0, 0.05) is 37.6 Å². The average molecular weight is 365 g/mol. The predicted molar refractivity (Wildman–Crippen MR) is 101 cm³/mol. The Hall–Kier alpha value is -3.68. The van der Waals surface area contributed by atoms with E-state index in [9.17, 15) is 14.9 Å². The number of hydrogen-bond acceptors (Lipinski definition) is 4. The summed E-state index contributed by atoms with van der Waals surface area (Å²) in [5, 5.41) is 16.3. The monoisotopic (exact) mass is 365 g/mol. The van der Waals surface area contributed by atoms with Crippen LogP contribution in [0.15, 0.2) is 61.2 Å². The van der Waals surface area contributed by atoms with Crippen LogP contribution in [0, 0.1) is 17.0 Å². The van der Waals surface area contributed by atoms with E-state index in [1.807, 2.05) is 35.0 Å². The normalized spacial score (nSPS) is 10.4. The van der Waals surface area contributed by atoms with Crippen molar-refractivity contribution in [1.29, 1.82) is 0 Å². The molecule has 0 unspecified atom stereocenters. The zero-order chi connectivity index (χ0) is 19.2. The van der Waals surface area contributed by atoms with Gasteiger partial charge < -0.3 is 15.2 Å². The number of aryl methyl sites for hydroxylation is 1. The molecule has 0 saturated carbocycles. The lowest BCUT2D eigenvalue weighted by molar-refractivity contribution is -0.384. The molecule has 0 aliphatic rings. The summed E-state index contributed by atoms with van der Waals surface area (Å²) in [4.78, 5) is 26.6. The Morgan fingerprint density at radius 3 is 2.78 bits per heavy atom. The third-order valence-electron chi connectivity index (χ3n) is 4.05. The number of imidazole rings is 1. The molecule has 3 rings (SSSR count). The number of urea groups is 1. The number of non-ortho nitro benzene ring substituents is 1. The molecule has 2 amide bonds. The number of nitrogens with zero attached hydrogens (tertiary/aromatic N) is 3. The molecular weight excluding hydrogens is 346 g/mol. The third-order valence-corrected chi connectivity index (χ3v) is 4.05. The van der Waals surface area contributed by atoms with Crippen molar-refractivity contribution in [2.45, 2.75) is 20.0 Å². The molecule has 1 heterocycles. The first-order valence-electron chi connectivity index (χ1n) is 8.35. The Balaban J connectivity index is 1.59. The number of hydrogen-bond donors (Lipinski definition) is 2. The lowest BCUT2D eigenvalue weighted by Gasteiger charge is -2.11. The number of amides is 2. The second-order valence-electron chi connectivity index (χ2n) is 6.12. The number of nitrogens with one attached hydrogen (secondary N) is 2. The SMILES string of the molecule is Cc1ccc([N+](=O)[O-])cc1NC(=O)NCc1cccc(Cn2ccnc2)c1. The molecule has 8 nitrogen and oxygen atoms in total. The molecule has 0 aliphatic heterocycles. The summed E-state index contributed by atoms with van der Waals surface area (Å²) in [6.45, 7) is 2.82. The van der Waals surface area contributed by atoms with Crippen molar-refractivity contribution >= 4 is 17.4 Å². The molecule has 0 fully saturated rings. The topological polar surface area (TPSA) is 102 Å². The van der Waals surface area contributed by atoms with E-state index >= 15 is 0 Å². The Morgan fingerprint density at radius 1 is 1.22 bits per heavy atom. The number of carbonyl (C=O) groups is 1.